The lowest BCUT2D eigenvalue weighted by Gasteiger charge is -2.34. The van der Waals surface area contributed by atoms with Gasteiger partial charge in [0.2, 0.25) is 10.0 Å². The van der Waals surface area contributed by atoms with Gasteiger partial charge >= 0.3 is 0 Å². The Morgan fingerprint density at radius 2 is 1.67 bits per heavy atom. The molecule has 0 saturated carbocycles. The van der Waals surface area contributed by atoms with Gasteiger partial charge in [-0.05, 0) is 56.6 Å². The third-order valence-electron chi connectivity index (χ3n) is 5.54. The predicted octanol–water partition coefficient (Wildman–Crippen LogP) is 2.78. The highest BCUT2D eigenvalue weighted by Crippen LogP contribution is 2.17. The number of likely N-dealkylation sites (tertiary alicyclic amines) is 1. The van der Waals surface area contributed by atoms with Crippen LogP contribution in [0.5, 0.6) is 0 Å². The van der Waals surface area contributed by atoms with E-state index >= 15 is 0 Å². The quantitative estimate of drug-likeness (QED) is 0.263. The average Bonchev–Trinajstić information content (AvgIpc) is 3.00. The molecule has 30 heavy (non-hydrogen) atoms. The minimum Gasteiger partial charge on any atom is -0.355 e. The second kappa shape index (κ2) is 13.5. The molecule has 1 aliphatic rings. The first-order valence-electron chi connectivity index (χ1n) is 10.6. The van der Waals surface area contributed by atoms with Gasteiger partial charge < -0.3 is 10.6 Å². The third kappa shape index (κ3) is 8.32. The molecule has 0 spiro atoms. The largest absolute Gasteiger partial charge is 0.355 e. The van der Waals surface area contributed by atoms with Crippen LogP contribution in [0.25, 0.3) is 0 Å². The fourth-order valence-corrected chi connectivity index (χ4v) is 4.46. The van der Waals surface area contributed by atoms with E-state index in [0.717, 1.165) is 18.1 Å². The van der Waals surface area contributed by atoms with Crippen LogP contribution in [0.1, 0.15) is 45.1 Å². The maximum atomic E-state index is 11.8. The summed E-state index contributed by atoms with van der Waals surface area (Å²) >= 11 is 0. The van der Waals surface area contributed by atoms with E-state index in [9.17, 15) is 8.42 Å². The van der Waals surface area contributed by atoms with Gasteiger partial charge in [0.1, 0.15) is 0 Å². The lowest BCUT2D eigenvalue weighted by atomic mass is 10.0. The van der Waals surface area contributed by atoms with Gasteiger partial charge in [0.15, 0.2) is 5.96 Å². The number of nitrogens with one attached hydrogen (secondary N) is 3. The third-order valence-corrected chi connectivity index (χ3v) is 6.97. The number of aliphatic imine (C=N–C) groups is 1. The molecule has 0 radical (unpaired) electrons. The first kappa shape index (κ1) is 27.1. The van der Waals surface area contributed by atoms with Gasteiger partial charge in [-0.2, -0.15) is 0 Å². The SMILES string of the molecule is CN=C(NCc1ccc(S(=O)(=O)NC)cc1)NCC(C(C)C)N1CCCCCC1.I. The molecular weight excluding hydrogens is 513 g/mol. The lowest BCUT2D eigenvalue weighted by Crippen LogP contribution is -2.49. The average molecular weight is 552 g/mol. The van der Waals surface area contributed by atoms with Gasteiger partial charge in [0, 0.05) is 26.2 Å². The normalized spacial score (nSPS) is 17.2. The Kier molecular flexibility index (Phi) is 12.2. The molecule has 1 aromatic carbocycles. The maximum Gasteiger partial charge on any atom is 0.240 e. The first-order chi connectivity index (χ1) is 13.9. The molecule has 2 rings (SSSR count). The summed E-state index contributed by atoms with van der Waals surface area (Å²) in [5, 5.41) is 6.80. The number of rotatable bonds is 8. The Balaban J connectivity index is 0.00000450. The fraction of sp³-hybridized carbons (Fsp3) is 0.667. The number of halogens is 1. The van der Waals surface area contributed by atoms with Crippen molar-refractivity contribution in [3.63, 3.8) is 0 Å². The summed E-state index contributed by atoms with van der Waals surface area (Å²) in [6, 6.07) is 7.36. The molecule has 3 N–H and O–H groups in total. The van der Waals surface area contributed by atoms with Crippen LogP contribution in [0.2, 0.25) is 0 Å². The molecule has 1 unspecified atom stereocenters. The van der Waals surface area contributed by atoms with Crippen molar-refractivity contribution in [1.82, 2.24) is 20.3 Å². The molecule has 172 valence electrons. The predicted molar refractivity (Wildman–Crippen MR) is 135 cm³/mol. The van der Waals surface area contributed by atoms with Crippen molar-refractivity contribution in [3.8, 4) is 0 Å². The Morgan fingerprint density at radius 1 is 1.07 bits per heavy atom. The minimum atomic E-state index is -3.40. The summed E-state index contributed by atoms with van der Waals surface area (Å²) in [5.74, 6) is 1.33. The number of sulfonamides is 1. The molecular formula is C21H38IN5O2S. The van der Waals surface area contributed by atoms with E-state index in [2.05, 4.69) is 39.1 Å². The van der Waals surface area contributed by atoms with Crippen molar-refractivity contribution in [2.75, 3.05) is 33.7 Å². The van der Waals surface area contributed by atoms with Gasteiger partial charge in [-0.15, -0.1) is 24.0 Å². The van der Waals surface area contributed by atoms with E-state index in [1.54, 1.807) is 19.2 Å². The standard InChI is InChI=1S/C21H37N5O2S.HI/c1-17(2)20(26-13-7-5-6-8-14-26)16-25-21(22-3)24-15-18-9-11-19(12-10-18)29(27,28)23-4;/h9-12,17,20,23H,5-8,13-16H2,1-4H3,(H2,22,24,25);1H. The maximum absolute atomic E-state index is 11.8. The number of benzene rings is 1. The van der Waals surface area contributed by atoms with Crippen LogP contribution in [-0.4, -0.2) is 59.0 Å². The van der Waals surface area contributed by atoms with E-state index in [-0.39, 0.29) is 28.9 Å². The fourth-order valence-electron chi connectivity index (χ4n) is 3.73. The van der Waals surface area contributed by atoms with Crippen LogP contribution in [0, 0.1) is 5.92 Å². The molecule has 0 bridgehead atoms. The highest BCUT2D eigenvalue weighted by Gasteiger charge is 2.22. The van der Waals surface area contributed by atoms with Crippen LogP contribution >= 0.6 is 24.0 Å². The zero-order valence-corrected chi connectivity index (χ0v) is 21.8. The van der Waals surface area contributed by atoms with E-state index < -0.39 is 10.0 Å². The summed E-state index contributed by atoms with van der Waals surface area (Å²) in [5.41, 5.74) is 0.996. The van der Waals surface area contributed by atoms with Gasteiger partial charge in [-0.25, -0.2) is 13.1 Å². The Morgan fingerprint density at radius 3 is 2.17 bits per heavy atom. The Hall–Kier alpha value is -0.910. The van der Waals surface area contributed by atoms with Crippen LogP contribution < -0.4 is 15.4 Å². The molecule has 1 aliphatic heterocycles. The van der Waals surface area contributed by atoms with Crippen molar-refractivity contribution in [2.45, 2.75) is 57.0 Å². The zero-order chi connectivity index (χ0) is 21.3. The monoisotopic (exact) mass is 551 g/mol. The number of nitrogens with zero attached hydrogens (tertiary/aromatic N) is 2. The highest BCUT2D eigenvalue weighted by atomic mass is 127. The lowest BCUT2D eigenvalue weighted by molar-refractivity contribution is 0.161. The summed E-state index contributed by atoms with van der Waals surface area (Å²) in [4.78, 5) is 7.23. The summed E-state index contributed by atoms with van der Waals surface area (Å²) < 4.78 is 26.0. The van der Waals surface area contributed by atoms with Crippen molar-refractivity contribution < 1.29 is 8.42 Å². The second-order valence-corrected chi connectivity index (χ2v) is 9.81. The molecule has 1 fully saturated rings. The van der Waals surface area contributed by atoms with Crippen molar-refractivity contribution in [2.24, 2.45) is 10.9 Å². The van der Waals surface area contributed by atoms with Crippen LogP contribution in [-0.2, 0) is 16.6 Å². The highest BCUT2D eigenvalue weighted by molar-refractivity contribution is 14.0. The number of hydrogen-bond donors (Lipinski definition) is 3. The van der Waals surface area contributed by atoms with E-state index in [1.807, 2.05) is 12.1 Å². The second-order valence-electron chi connectivity index (χ2n) is 7.92. The van der Waals surface area contributed by atoms with Gasteiger partial charge in [-0.1, -0.05) is 38.8 Å². The Labute approximate surface area is 199 Å². The molecule has 1 saturated heterocycles. The van der Waals surface area contributed by atoms with Crippen molar-refractivity contribution >= 4 is 40.0 Å². The van der Waals surface area contributed by atoms with Crippen LogP contribution in [0.3, 0.4) is 0 Å². The minimum absolute atomic E-state index is 0. The summed E-state index contributed by atoms with van der Waals surface area (Å²) in [7, 11) is -0.216. The summed E-state index contributed by atoms with van der Waals surface area (Å²) in [6.07, 6.45) is 5.25. The molecule has 1 atom stereocenters. The Bertz CT molecular complexity index is 745. The molecule has 1 heterocycles. The molecule has 1 aromatic rings. The van der Waals surface area contributed by atoms with Crippen molar-refractivity contribution in [3.05, 3.63) is 29.8 Å². The first-order valence-corrected chi connectivity index (χ1v) is 12.1. The molecule has 0 aromatic heterocycles. The van der Waals surface area contributed by atoms with Crippen LogP contribution in [0.15, 0.2) is 34.2 Å². The van der Waals surface area contributed by atoms with E-state index in [4.69, 9.17) is 0 Å². The van der Waals surface area contributed by atoms with Gasteiger partial charge in [0.05, 0.1) is 4.90 Å². The van der Waals surface area contributed by atoms with Crippen molar-refractivity contribution in [1.29, 1.82) is 0 Å². The van der Waals surface area contributed by atoms with Gasteiger partial charge in [-0.3, -0.25) is 9.89 Å². The van der Waals surface area contributed by atoms with Crippen LogP contribution in [0.4, 0.5) is 0 Å². The number of hydrogen-bond acceptors (Lipinski definition) is 4. The van der Waals surface area contributed by atoms with E-state index in [1.165, 1.54) is 45.8 Å². The van der Waals surface area contributed by atoms with Gasteiger partial charge in [0.25, 0.3) is 0 Å². The molecule has 7 nitrogen and oxygen atoms in total. The molecule has 0 amide bonds. The number of guanidine groups is 1. The smallest absolute Gasteiger partial charge is 0.240 e. The van der Waals surface area contributed by atoms with E-state index in [0.29, 0.717) is 18.5 Å². The summed E-state index contributed by atoms with van der Waals surface area (Å²) in [6.45, 7) is 8.37. The topological polar surface area (TPSA) is 85.8 Å². The molecule has 0 aliphatic carbocycles. The molecule has 9 heteroatoms. The zero-order valence-electron chi connectivity index (χ0n) is 18.6.